The maximum absolute atomic E-state index is 8.95. The number of aliphatic hydroxyl groups is 1. The van der Waals surface area contributed by atoms with Crippen LogP contribution in [0.5, 0.6) is 0 Å². The van der Waals surface area contributed by atoms with Crippen molar-refractivity contribution in [1.82, 2.24) is 0 Å². The molecule has 0 amide bonds. The molecule has 1 aliphatic carbocycles. The Morgan fingerprint density at radius 2 is 2.64 bits per heavy atom. The van der Waals surface area contributed by atoms with E-state index in [9.17, 15) is 0 Å². The van der Waals surface area contributed by atoms with E-state index < -0.39 is 0 Å². The van der Waals surface area contributed by atoms with Gasteiger partial charge in [0.1, 0.15) is 0 Å². The summed E-state index contributed by atoms with van der Waals surface area (Å²) in [6.07, 6.45) is 1.16. The van der Waals surface area contributed by atoms with Crippen molar-refractivity contribution >= 4 is 11.3 Å². The highest BCUT2D eigenvalue weighted by Crippen LogP contribution is 2.54. The van der Waals surface area contributed by atoms with E-state index in [4.69, 9.17) is 5.11 Å². The van der Waals surface area contributed by atoms with Crippen molar-refractivity contribution in [2.45, 2.75) is 18.8 Å². The summed E-state index contributed by atoms with van der Waals surface area (Å²) >= 11 is 1.80. The molecule has 0 bridgehead atoms. The van der Waals surface area contributed by atoms with Crippen molar-refractivity contribution in [3.05, 3.63) is 22.4 Å². The van der Waals surface area contributed by atoms with Crippen LogP contribution in [0.1, 0.15) is 18.2 Å². The van der Waals surface area contributed by atoms with Gasteiger partial charge in [-0.05, 0) is 23.8 Å². The molecule has 11 heavy (non-hydrogen) atoms. The van der Waals surface area contributed by atoms with Gasteiger partial charge in [-0.15, -0.1) is 11.3 Å². The van der Waals surface area contributed by atoms with Gasteiger partial charge in [0.2, 0.25) is 0 Å². The van der Waals surface area contributed by atoms with Gasteiger partial charge >= 0.3 is 0 Å². The molecule has 1 aromatic rings. The Kier molecular flexibility index (Phi) is 1.55. The molecule has 0 unspecified atom stereocenters. The van der Waals surface area contributed by atoms with Crippen molar-refractivity contribution in [3.8, 4) is 0 Å². The van der Waals surface area contributed by atoms with Crippen molar-refractivity contribution in [2.75, 3.05) is 6.61 Å². The zero-order valence-corrected chi connectivity index (χ0v) is 7.40. The zero-order chi connectivity index (χ0) is 7.90. The third kappa shape index (κ3) is 1.01. The Morgan fingerprint density at radius 1 is 1.82 bits per heavy atom. The van der Waals surface area contributed by atoms with E-state index in [1.165, 1.54) is 4.88 Å². The number of aliphatic hydroxyl groups excluding tert-OH is 1. The fourth-order valence-corrected chi connectivity index (χ4v) is 2.60. The summed E-state index contributed by atoms with van der Waals surface area (Å²) in [5.74, 6) is 0.515. The van der Waals surface area contributed by atoms with E-state index in [2.05, 4.69) is 24.4 Å². The lowest BCUT2D eigenvalue weighted by Gasteiger charge is -2.05. The van der Waals surface area contributed by atoms with Gasteiger partial charge in [0.05, 0.1) is 0 Å². The van der Waals surface area contributed by atoms with E-state index in [1.807, 2.05) is 0 Å². The summed E-state index contributed by atoms with van der Waals surface area (Å²) < 4.78 is 0. The molecule has 0 radical (unpaired) electrons. The number of rotatable bonds is 2. The molecular formula is C9H12OS. The Bertz CT molecular complexity index is 242. The first-order valence-electron chi connectivity index (χ1n) is 3.92. The number of hydrogen-bond donors (Lipinski definition) is 1. The second-order valence-electron chi connectivity index (χ2n) is 3.48. The number of thiophene rings is 1. The molecule has 0 spiro atoms. The summed E-state index contributed by atoms with van der Waals surface area (Å²) in [5.41, 5.74) is 0.308. The second kappa shape index (κ2) is 2.32. The molecule has 0 aliphatic heterocycles. The molecule has 1 saturated carbocycles. The predicted octanol–water partition coefficient (Wildman–Crippen LogP) is 2.02. The lowest BCUT2D eigenvalue weighted by Crippen LogP contribution is -2.03. The fraction of sp³-hybridized carbons (Fsp3) is 0.556. The lowest BCUT2D eigenvalue weighted by molar-refractivity contribution is 0.266. The van der Waals surface area contributed by atoms with Crippen molar-refractivity contribution < 1.29 is 5.11 Å². The average Bonchev–Trinajstić information content (AvgIpc) is 2.55. The van der Waals surface area contributed by atoms with Crippen LogP contribution in [0.2, 0.25) is 0 Å². The van der Waals surface area contributed by atoms with Crippen molar-refractivity contribution in [1.29, 1.82) is 0 Å². The van der Waals surface area contributed by atoms with E-state index in [1.54, 1.807) is 11.3 Å². The molecule has 2 rings (SSSR count). The van der Waals surface area contributed by atoms with Crippen molar-refractivity contribution in [3.63, 3.8) is 0 Å². The van der Waals surface area contributed by atoms with Gasteiger partial charge in [0.15, 0.2) is 0 Å². The van der Waals surface area contributed by atoms with Crippen LogP contribution in [0.15, 0.2) is 17.5 Å². The Balaban J connectivity index is 2.19. The van der Waals surface area contributed by atoms with E-state index in [0.29, 0.717) is 17.9 Å². The monoisotopic (exact) mass is 168 g/mol. The molecule has 2 atom stereocenters. The normalized spacial score (nSPS) is 35.6. The summed E-state index contributed by atoms with van der Waals surface area (Å²) in [5, 5.41) is 11.0. The van der Waals surface area contributed by atoms with Crippen LogP contribution < -0.4 is 0 Å². The maximum Gasteiger partial charge on any atom is 0.0468 e. The Morgan fingerprint density at radius 3 is 3.09 bits per heavy atom. The van der Waals surface area contributed by atoms with Gasteiger partial charge in [0, 0.05) is 16.9 Å². The van der Waals surface area contributed by atoms with Crippen LogP contribution in [-0.4, -0.2) is 11.7 Å². The molecule has 1 fully saturated rings. The minimum absolute atomic E-state index is 0.308. The molecule has 1 nitrogen and oxygen atoms in total. The van der Waals surface area contributed by atoms with Gasteiger partial charge in [-0.2, -0.15) is 0 Å². The van der Waals surface area contributed by atoms with Gasteiger partial charge < -0.3 is 5.11 Å². The summed E-state index contributed by atoms with van der Waals surface area (Å²) in [6.45, 7) is 2.58. The molecule has 60 valence electrons. The third-order valence-corrected chi connectivity index (χ3v) is 3.87. The van der Waals surface area contributed by atoms with Gasteiger partial charge in [0.25, 0.3) is 0 Å². The molecule has 1 aromatic heterocycles. The fourth-order valence-electron chi connectivity index (χ4n) is 1.62. The first kappa shape index (κ1) is 7.32. The average molecular weight is 168 g/mol. The zero-order valence-electron chi connectivity index (χ0n) is 6.58. The predicted molar refractivity (Wildman–Crippen MR) is 46.9 cm³/mol. The highest BCUT2D eigenvalue weighted by Gasteiger charge is 2.51. The topological polar surface area (TPSA) is 20.2 Å². The quantitative estimate of drug-likeness (QED) is 0.716. The van der Waals surface area contributed by atoms with Crippen LogP contribution >= 0.6 is 11.3 Å². The second-order valence-corrected chi connectivity index (χ2v) is 4.43. The molecule has 1 heterocycles. The summed E-state index contributed by atoms with van der Waals surface area (Å²) in [4.78, 5) is 1.43. The molecule has 1 aliphatic rings. The first-order valence-corrected chi connectivity index (χ1v) is 4.80. The van der Waals surface area contributed by atoms with Crippen LogP contribution in [-0.2, 0) is 5.41 Å². The highest BCUT2D eigenvalue weighted by molar-refractivity contribution is 7.10. The van der Waals surface area contributed by atoms with E-state index in [-0.39, 0.29) is 0 Å². The Hall–Kier alpha value is -0.340. The highest BCUT2D eigenvalue weighted by atomic mass is 32.1. The van der Waals surface area contributed by atoms with Crippen molar-refractivity contribution in [2.24, 2.45) is 5.92 Å². The van der Waals surface area contributed by atoms with Crippen LogP contribution in [0, 0.1) is 5.92 Å². The third-order valence-electron chi connectivity index (χ3n) is 2.72. The van der Waals surface area contributed by atoms with E-state index >= 15 is 0 Å². The van der Waals surface area contributed by atoms with E-state index in [0.717, 1.165) is 6.42 Å². The number of hydrogen-bond acceptors (Lipinski definition) is 2. The van der Waals surface area contributed by atoms with Crippen LogP contribution in [0.4, 0.5) is 0 Å². The smallest absolute Gasteiger partial charge is 0.0468 e. The molecule has 0 aromatic carbocycles. The maximum atomic E-state index is 8.95. The Labute approximate surface area is 70.7 Å². The van der Waals surface area contributed by atoms with Gasteiger partial charge in [-0.25, -0.2) is 0 Å². The minimum Gasteiger partial charge on any atom is -0.396 e. The SMILES string of the molecule is C[C@@]1(c2cccs2)C[C@H]1CO. The summed E-state index contributed by atoms with van der Waals surface area (Å²) in [6, 6.07) is 4.25. The molecular weight excluding hydrogens is 156 g/mol. The first-order chi connectivity index (χ1) is 5.27. The largest absolute Gasteiger partial charge is 0.396 e. The molecule has 0 saturated heterocycles. The lowest BCUT2D eigenvalue weighted by atomic mass is 10.1. The van der Waals surface area contributed by atoms with Gasteiger partial charge in [-0.3, -0.25) is 0 Å². The molecule has 1 N–H and O–H groups in total. The van der Waals surface area contributed by atoms with Crippen LogP contribution in [0.25, 0.3) is 0 Å². The summed E-state index contributed by atoms with van der Waals surface area (Å²) in [7, 11) is 0. The van der Waals surface area contributed by atoms with Gasteiger partial charge in [-0.1, -0.05) is 13.0 Å². The standard InChI is InChI=1S/C9H12OS/c1-9(5-7(9)6-10)8-3-2-4-11-8/h2-4,7,10H,5-6H2,1H3/t7-,9+/m0/s1. The van der Waals surface area contributed by atoms with Crippen LogP contribution in [0.3, 0.4) is 0 Å². The molecule has 2 heteroatoms. The minimum atomic E-state index is 0.308.